The Morgan fingerprint density at radius 2 is 2.07 bits per heavy atom. The molecule has 1 atom stereocenters. The van der Waals surface area contributed by atoms with Crippen LogP contribution in [0.1, 0.15) is 44.9 Å². The third-order valence-corrected chi connectivity index (χ3v) is 4.89. The number of aryl methyl sites for hydroxylation is 1. The number of likely N-dealkylation sites (tertiary alicyclic amines) is 1. The summed E-state index contributed by atoms with van der Waals surface area (Å²) in [5.41, 5.74) is 0.622. The number of nitrogens with zero attached hydrogens (tertiary/aromatic N) is 3. The highest BCUT2D eigenvalue weighted by Gasteiger charge is 2.25. The molecule has 8 heteroatoms. The normalized spacial score (nSPS) is 16.8. The SMILES string of the molecule is CCC1CCCCN1C(=O)COC(=O)CCc1nc(-c2ccc(F)cc2)no1. The molecule has 1 fully saturated rings. The van der Waals surface area contributed by atoms with Crippen molar-refractivity contribution in [3.63, 3.8) is 0 Å². The fraction of sp³-hybridized carbons (Fsp3) is 0.500. The summed E-state index contributed by atoms with van der Waals surface area (Å²) in [6.07, 6.45) is 4.28. The van der Waals surface area contributed by atoms with Crippen LogP contribution in [0.15, 0.2) is 28.8 Å². The number of halogens is 1. The van der Waals surface area contributed by atoms with E-state index in [1.165, 1.54) is 12.1 Å². The minimum Gasteiger partial charge on any atom is -0.456 e. The van der Waals surface area contributed by atoms with Crippen LogP contribution in [0, 0.1) is 5.82 Å². The molecule has 1 unspecified atom stereocenters. The van der Waals surface area contributed by atoms with Gasteiger partial charge < -0.3 is 14.2 Å². The maximum Gasteiger partial charge on any atom is 0.306 e. The lowest BCUT2D eigenvalue weighted by Crippen LogP contribution is -2.45. The van der Waals surface area contributed by atoms with Crippen molar-refractivity contribution in [3.05, 3.63) is 36.0 Å². The van der Waals surface area contributed by atoms with Gasteiger partial charge in [0.2, 0.25) is 11.7 Å². The number of hydrogen-bond donors (Lipinski definition) is 0. The van der Waals surface area contributed by atoms with Crippen LogP contribution in [-0.4, -0.2) is 46.1 Å². The largest absolute Gasteiger partial charge is 0.456 e. The molecule has 2 aromatic rings. The molecule has 0 saturated carbocycles. The van der Waals surface area contributed by atoms with E-state index in [0.717, 1.165) is 32.2 Å². The van der Waals surface area contributed by atoms with Crippen molar-refractivity contribution in [3.8, 4) is 11.4 Å². The van der Waals surface area contributed by atoms with Crippen LogP contribution >= 0.6 is 0 Å². The molecule has 0 N–H and O–H groups in total. The topological polar surface area (TPSA) is 85.5 Å². The zero-order chi connectivity index (χ0) is 19.9. The number of amides is 1. The monoisotopic (exact) mass is 389 g/mol. The van der Waals surface area contributed by atoms with Gasteiger partial charge in [-0.1, -0.05) is 12.1 Å². The Hall–Kier alpha value is -2.77. The fourth-order valence-corrected chi connectivity index (χ4v) is 3.33. The van der Waals surface area contributed by atoms with Crippen molar-refractivity contribution in [1.29, 1.82) is 0 Å². The summed E-state index contributed by atoms with van der Waals surface area (Å²) in [7, 11) is 0. The number of benzene rings is 1. The minimum atomic E-state index is -0.486. The number of carbonyl (C=O) groups is 2. The quantitative estimate of drug-likeness (QED) is 0.676. The predicted molar refractivity (Wildman–Crippen MR) is 98.6 cm³/mol. The lowest BCUT2D eigenvalue weighted by Gasteiger charge is -2.35. The molecule has 0 radical (unpaired) electrons. The molecular weight excluding hydrogens is 365 g/mol. The molecule has 1 amide bonds. The van der Waals surface area contributed by atoms with Crippen molar-refractivity contribution in [2.45, 2.75) is 51.5 Å². The number of aromatic nitrogens is 2. The van der Waals surface area contributed by atoms with Crippen molar-refractivity contribution >= 4 is 11.9 Å². The first kappa shape index (κ1) is 20.0. The Morgan fingerprint density at radius 1 is 1.29 bits per heavy atom. The number of esters is 1. The molecule has 1 aromatic heterocycles. The van der Waals surface area contributed by atoms with Crippen LogP contribution in [-0.2, 0) is 20.7 Å². The first-order valence-corrected chi connectivity index (χ1v) is 9.60. The lowest BCUT2D eigenvalue weighted by molar-refractivity contribution is -0.153. The second kappa shape index (κ2) is 9.43. The Balaban J connectivity index is 1.44. The zero-order valence-electron chi connectivity index (χ0n) is 15.9. The standard InChI is InChI=1S/C20H24FN3O4/c1-2-16-5-3-4-12-24(16)18(25)13-27-19(26)11-10-17-22-20(23-28-17)14-6-8-15(21)9-7-14/h6-9,16H,2-5,10-13H2,1H3. The molecule has 2 heterocycles. The van der Waals surface area contributed by atoms with E-state index >= 15 is 0 Å². The second-order valence-electron chi connectivity index (χ2n) is 6.82. The van der Waals surface area contributed by atoms with Gasteiger partial charge in [0.05, 0.1) is 6.42 Å². The van der Waals surface area contributed by atoms with Crippen molar-refractivity contribution in [1.82, 2.24) is 15.0 Å². The molecule has 0 spiro atoms. The van der Waals surface area contributed by atoms with Gasteiger partial charge in [-0.25, -0.2) is 4.39 Å². The van der Waals surface area contributed by atoms with Crippen molar-refractivity contribution in [2.24, 2.45) is 0 Å². The Bertz CT molecular complexity index is 806. The van der Waals surface area contributed by atoms with Crippen LogP contribution < -0.4 is 0 Å². The summed E-state index contributed by atoms with van der Waals surface area (Å²) < 4.78 is 23.2. The average molecular weight is 389 g/mol. The van der Waals surface area contributed by atoms with Crippen LogP contribution in [0.2, 0.25) is 0 Å². The Morgan fingerprint density at radius 3 is 2.82 bits per heavy atom. The third-order valence-electron chi connectivity index (χ3n) is 4.89. The van der Waals surface area contributed by atoms with Crippen molar-refractivity contribution < 1.29 is 23.2 Å². The second-order valence-corrected chi connectivity index (χ2v) is 6.82. The molecule has 150 valence electrons. The van der Waals surface area contributed by atoms with E-state index in [9.17, 15) is 14.0 Å². The highest BCUT2D eigenvalue weighted by Crippen LogP contribution is 2.20. The predicted octanol–water partition coefficient (Wildman–Crippen LogP) is 3.14. The molecule has 7 nitrogen and oxygen atoms in total. The van der Waals surface area contributed by atoms with Gasteiger partial charge in [0.15, 0.2) is 6.61 Å². The molecule has 1 aromatic carbocycles. The summed E-state index contributed by atoms with van der Waals surface area (Å²) >= 11 is 0. The number of piperidine rings is 1. The van der Waals surface area contributed by atoms with E-state index in [1.807, 2.05) is 4.90 Å². The van der Waals surface area contributed by atoms with Gasteiger partial charge in [0.25, 0.3) is 5.91 Å². The summed E-state index contributed by atoms with van der Waals surface area (Å²) in [5.74, 6) is -0.366. The van der Waals surface area contributed by atoms with E-state index in [0.29, 0.717) is 11.4 Å². The highest BCUT2D eigenvalue weighted by molar-refractivity contribution is 5.81. The zero-order valence-corrected chi connectivity index (χ0v) is 15.9. The Labute approximate surface area is 162 Å². The van der Waals surface area contributed by atoms with Gasteiger partial charge in [-0.15, -0.1) is 0 Å². The van der Waals surface area contributed by atoms with Gasteiger partial charge in [-0.2, -0.15) is 4.98 Å². The van der Waals surface area contributed by atoms with E-state index in [-0.39, 0.29) is 43.1 Å². The smallest absolute Gasteiger partial charge is 0.306 e. The van der Waals surface area contributed by atoms with E-state index in [1.54, 1.807) is 12.1 Å². The summed E-state index contributed by atoms with van der Waals surface area (Å²) in [5, 5.41) is 3.83. The third kappa shape index (κ3) is 5.15. The molecule has 1 saturated heterocycles. The first-order valence-electron chi connectivity index (χ1n) is 9.60. The molecule has 0 aliphatic carbocycles. The maximum atomic E-state index is 13.0. The Kier molecular flexibility index (Phi) is 6.73. The van der Waals surface area contributed by atoms with E-state index in [4.69, 9.17) is 9.26 Å². The number of rotatable bonds is 7. The minimum absolute atomic E-state index is 0.0372. The van der Waals surface area contributed by atoms with Gasteiger partial charge in [-0.3, -0.25) is 9.59 Å². The van der Waals surface area contributed by atoms with Crippen LogP contribution in [0.5, 0.6) is 0 Å². The average Bonchev–Trinajstić information content (AvgIpc) is 3.20. The molecular formula is C20H24FN3O4. The molecule has 28 heavy (non-hydrogen) atoms. The van der Waals surface area contributed by atoms with Crippen molar-refractivity contribution in [2.75, 3.05) is 13.2 Å². The van der Waals surface area contributed by atoms with Crippen LogP contribution in [0.3, 0.4) is 0 Å². The number of hydrogen-bond acceptors (Lipinski definition) is 6. The van der Waals surface area contributed by atoms with E-state index < -0.39 is 5.97 Å². The van der Waals surface area contributed by atoms with Gasteiger partial charge in [0.1, 0.15) is 5.82 Å². The summed E-state index contributed by atoms with van der Waals surface area (Å²) in [6.45, 7) is 2.55. The lowest BCUT2D eigenvalue weighted by atomic mass is 10.00. The first-order chi connectivity index (χ1) is 13.6. The maximum absolute atomic E-state index is 13.0. The highest BCUT2D eigenvalue weighted by atomic mass is 19.1. The van der Waals surface area contributed by atoms with Gasteiger partial charge in [0, 0.05) is 24.6 Å². The molecule has 3 rings (SSSR count). The molecule has 1 aliphatic rings. The van der Waals surface area contributed by atoms with Crippen LogP contribution in [0.25, 0.3) is 11.4 Å². The van der Waals surface area contributed by atoms with Crippen LogP contribution in [0.4, 0.5) is 4.39 Å². The number of ether oxygens (including phenoxy) is 1. The van der Waals surface area contributed by atoms with Gasteiger partial charge in [-0.05, 0) is 49.9 Å². The fourth-order valence-electron chi connectivity index (χ4n) is 3.33. The number of carbonyl (C=O) groups excluding carboxylic acids is 2. The van der Waals surface area contributed by atoms with Gasteiger partial charge >= 0.3 is 5.97 Å². The molecule has 0 bridgehead atoms. The molecule has 1 aliphatic heterocycles. The summed E-state index contributed by atoms with van der Waals surface area (Å²) in [4.78, 5) is 30.3. The van der Waals surface area contributed by atoms with E-state index in [2.05, 4.69) is 17.1 Å². The summed E-state index contributed by atoms with van der Waals surface area (Å²) in [6, 6.07) is 5.96.